The molecule has 3 aromatic heterocycles. The summed E-state index contributed by atoms with van der Waals surface area (Å²) >= 11 is 0. The minimum Gasteiger partial charge on any atom is -0.456 e. The Kier molecular flexibility index (Phi) is 7.74. The van der Waals surface area contributed by atoms with Crippen molar-refractivity contribution in [3.05, 3.63) is 194 Å². The first-order chi connectivity index (χ1) is 29.7. The van der Waals surface area contributed by atoms with Crippen molar-refractivity contribution in [3.63, 3.8) is 0 Å². The fraction of sp³-hybridized carbons (Fsp3) is 0. The van der Waals surface area contributed by atoms with Crippen LogP contribution in [0.1, 0.15) is 0 Å². The van der Waals surface area contributed by atoms with Gasteiger partial charge in [-0.05, 0) is 86.3 Å². The van der Waals surface area contributed by atoms with Crippen molar-refractivity contribution < 1.29 is 8.83 Å². The minimum atomic E-state index is 0.568. The average Bonchev–Trinajstić information content (AvgIpc) is 3.94. The summed E-state index contributed by atoms with van der Waals surface area (Å²) in [6.07, 6.45) is 0. The predicted molar refractivity (Wildman–Crippen MR) is 242 cm³/mol. The summed E-state index contributed by atoms with van der Waals surface area (Å²) in [5, 5.41) is 6.22. The van der Waals surface area contributed by atoms with Gasteiger partial charge in [-0.3, -0.25) is 0 Å². The molecule has 12 aromatic rings. The summed E-state index contributed by atoms with van der Waals surface area (Å²) in [6, 6.07) is 66.6. The van der Waals surface area contributed by atoms with Gasteiger partial charge in [-0.15, -0.1) is 0 Å². The van der Waals surface area contributed by atoms with Crippen LogP contribution in [-0.2, 0) is 0 Å². The monoisotopic (exact) mass is 768 g/mol. The van der Waals surface area contributed by atoms with E-state index in [0.717, 1.165) is 77.0 Å². The molecule has 6 nitrogen and oxygen atoms in total. The molecule has 9 aromatic carbocycles. The lowest BCUT2D eigenvalue weighted by Crippen LogP contribution is -2.00. The maximum atomic E-state index is 6.63. The van der Waals surface area contributed by atoms with Crippen LogP contribution in [0.25, 0.3) is 122 Å². The summed E-state index contributed by atoms with van der Waals surface area (Å²) in [5.74, 6) is 2.35. The van der Waals surface area contributed by atoms with Crippen molar-refractivity contribution in [3.8, 4) is 67.9 Å². The smallest absolute Gasteiger partial charge is 0.227 e. The number of fused-ring (bicyclic) bond motifs is 8. The van der Waals surface area contributed by atoms with Crippen LogP contribution in [-0.4, -0.2) is 19.9 Å². The van der Waals surface area contributed by atoms with Crippen molar-refractivity contribution in [2.45, 2.75) is 0 Å². The number of hydrogen-bond acceptors (Lipinski definition) is 6. The normalized spacial score (nSPS) is 11.7. The summed E-state index contributed by atoms with van der Waals surface area (Å²) in [7, 11) is 0. The van der Waals surface area contributed by atoms with Gasteiger partial charge < -0.3 is 8.83 Å². The molecule has 0 atom stereocenters. The Balaban J connectivity index is 0.982. The van der Waals surface area contributed by atoms with E-state index in [9.17, 15) is 0 Å². The third kappa shape index (κ3) is 5.81. The summed E-state index contributed by atoms with van der Waals surface area (Å²) < 4.78 is 13.1. The molecular weight excluding hydrogens is 737 g/mol. The van der Waals surface area contributed by atoms with E-state index in [-0.39, 0.29) is 0 Å². The number of furan rings is 1. The van der Waals surface area contributed by atoms with Gasteiger partial charge in [-0.25, -0.2) is 19.9 Å². The largest absolute Gasteiger partial charge is 0.456 e. The van der Waals surface area contributed by atoms with Gasteiger partial charge in [0.2, 0.25) is 5.89 Å². The topological polar surface area (TPSA) is 77.8 Å². The SMILES string of the molecule is c1ccc(-c2cccc(-c3ccc(-c4nc(-c5ccccc5)nc(-c5ccc6ccc7oc8ccc9nc(-c%10ccc%11ccccc%11c%10)oc9c8c7c6c5)n4)cc3)c2)cc1. The number of hydrogen-bond donors (Lipinski definition) is 0. The highest BCUT2D eigenvalue weighted by molar-refractivity contribution is 6.25. The first-order valence-corrected chi connectivity index (χ1v) is 19.9. The molecule has 0 bridgehead atoms. The Morgan fingerprint density at radius 2 is 0.833 bits per heavy atom. The van der Waals surface area contributed by atoms with Crippen LogP contribution in [0.4, 0.5) is 0 Å². The summed E-state index contributed by atoms with van der Waals surface area (Å²) in [6.45, 7) is 0. The first kappa shape index (κ1) is 33.9. The second-order valence-corrected chi connectivity index (χ2v) is 15.0. The van der Waals surface area contributed by atoms with Crippen LogP contribution in [0.15, 0.2) is 203 Å². The van der Waals surface area contributed by atoms with Crippen LogP contribution in [0.3, 0.4) is 0 Å². The molecule has 0 radical (unpaired) electrons. The molecule has 0 aliphatic heterocycles. The van der Waals surface area contributed by atoms with Crippen LogP contribution in [0.5, 0.6) is 0 Å². The van der Waals surface area contributed by atoms with E-state index in [1.165, 1.54) is 16.5 Å². The first-order valence-electron chi connectivity index (χ1n) is 19.9. The highest BCUT2D eigenvalue weighted by Gasteiger charge is 2.20. The lowest BCUT2D eigenvalue weighted by molar-refractivity contribution is 0.622. The molecule has 0 aliphatic carbocycles. The lowest BCUT2D eigenvalue weighted by Gasteiger charge is -2.10. The van der Waals surface area contributed by atoms with E-state index < -0.39 is 0 Å². The molecule has 6 heteroatoms. The van der Waals surface area contributed by atoms with Gasteiger partial charge in [0.05, 0.1) is 5.39 Å². The van der Waals surface area contributed by atoms with Crippen LogP contribution in [0.2, 0.25) is 0 Å². The van der Waals surface area contributed by atoms with E-state index in [1.54, 1.807) is 0 Å². The molecule has 280 valence electrons. The van der Waals surface area contributed by atoms with Crippen molar-refractivity contribution in [1.82, 2.24) is 19.9 Å². The molecule has 60 heavy (non-hydrogen) atoms. The number of aromatic nitrogens is 4. The third-order valence-corrected chi connectivity index (χ3v) is 11.3. The standard InChI is InChI=1S/C54H32N4O2/c1-3-10-33(11-4-1)40-16-9-17-41(30-40)35-18-22-38(23-19-35)52-56-51(37-13-5-2-6-14-37)57-53(58-52)42-24-21-36-26-28-46-48(44(36)32-42)49-47(59-46)29-27-45-50(49)60-54(55-45)43-25-20-34-12-7-8-15-39(34)31-43/h1-32H. The van der Waals surface area contributed by atoms with E-state index in [1.807, 2.05) is 66.7 Å². The van der Waals surface area contributed by atoms with Gasteiger partial charge in [0, 0.05) is 27.6 Å². The van der Waals surface area contributed by atoms with Crippen molar-refractivity contribution >= 4 is 54.6 Å². The summed E-state index contributed by atoms with van der Waals surface area (Å²) in [5.41, 5.74) is 11.2. The Morgan fingerprint density at radius 3 is 1.60 bits per heavy atom. The lowest BCUT2D eigenvalue weighted by atomic mass is 9.98. The number of oxazole rings is 1. The minimum absolute atomic E-state index is 0.568. The van der Waals surface area contributed by atoms with Crippen molar-refractivity contribution in [2.75, 3.05) is 0 Å². The predicted octanol–water partition coefficient (Wildman–Crippen LogP) is 14.2. The number of rotatable bonds is 6. The quantitative estimate of drug-likeness (QED) is 0.168. The molecular formula is C54H32N4O2. The molecule has 12 rings (SSSR count). The third-order valence-electron chi connectivity index (χ3n) is 11.3. The Labute approximate surface area is 344 Å². The molecule has 0 amide bonds. The Bertz CT molecular complexity index is 3590. The van der Waals surface area contributed by atoms with E-state index in [4.69, 9.17) is 28.8 Å². The maximum absolute atomic E-state index is 6.63. The molecule has 0 saturated carbocycles. The van der Waals surface area contributed by atoms with Gasteiger partial charge in [0.25, 0.3) is 0 Å². The molecule has 0 saturated heterocycles. The van der Waals surface area contributed by atoms with Crippen LogP contribution in [0, 0.1) is 0 Å². The maximum Gasteiger partial charge on any atom is 0.227 e. The molecule has 0 unspecified atom stereocenters. The fourth-order valence-corrected chi connectivity index (χ4v) is 8.31. The number of nitrogens with zero attached hydrogens (tertiary/aromatic N) is 4. The zero-order valence-electron chi connectivity index (χ0n) is 32.1. The van der Waals surface area contributed by atoms with E-state index in [0.29, 0.717) is 28.9 Å². The van der Waals surface area contributed by atoms with Gasteiger partial charge >= 0.3 is 0 Å². The zero-order valence-corrected chi connectivity index (χ0v) is 32.1. The van der Waals surface area contributed by atoms with E-state index in [2.05, 4.69) is 127 Å². The fourth-order valence-electron chi connectivity index (χ4n) is 8.31. The van der Waals surface area contributed by atoms with E-state index >= 15 is 0 Å². The Morgan fingerprint density at radius 1 is 0.300 bits per heavy atom. The van der Waals surface area contributed by atoms with Crippen molar-refractivity contribution in [2.24, 2.45) is 0 Å². The molecule has 0 spiro atoms. The van der Waals surface area contributed by atoms with Crippen LogP contribution >= 0.6 is 0 Å². The Hall–Kier alpha value is -8.22. The molecule has 0 aliphatic rings. The zero-order chi connectivity index (χ0) is 39.6. The summed E-state index contributed by atoms with van der Waals surface area (Å²) in [4.78, 5) is 20.2. The van der Waals surface area contributed by atoms with Crippen LogP contribution < -0.4 is 0 Å². The molecule has 0 fully saturated rings. The van der Waals surface area contributed by atoms with Gasteiger partial charge in [-0.2, -0.15) is 0 Å². The second kappa shape index (κ2) is 13.7. The number of benzene rings is 9. The van der Waals surface area contributed by atoms with Gasteiger partial charge in [-0.1, -0.05) is 152 Å². The average molecular weight is 769 g/mol. The van der Waals surface area contributed by atoms with Gasteiger partial charge in [0.1, 0.15) is 16.7 Å². The molecule has 0 N–H and O–H groups in total. The highest BCUT2D eigenvalue weighted by Crippen LogP contribution is 2.41. The van der Waals surface area contributed by atoms with Gasteiger partial charge in [0.15, 0.2) is 23.1 Å². The van der Waals surface area contributed by atoms with Crippen molar-refractivity contribution in [1.29, 1.82) is 0 Å². The molecule has 3 heterocycles. The highest BCUT2D eigenvalue weighted by atomic mass is 16.4. The second-order valence-electron chi connectivity index (χ2n) is 15.0.